The van der Waals surface area contributed by atoms with Gasteiger partial charge in [-0.3, -0.25) is 0 Å². The molecule has 2 aromatic heterocycles. The number of hydrogen-bond acceptors (Lipinski definition) is 6. The molecule has 0 spiro atoms. The lowest BCUT2D eigenvalue weighted by atomic mass is 9.98. The van der Waals surface area contributed by atoms with Gasteiger partial charge in [0.15, 0.2) is 0 Å². The third-order valence-electron chi connectivity index (χ3n) is 4.89. The van der Waals surface area contributed by atoms with Crippen molar-refractivity contribution >= 4 is 27.5 Å². The summed E-state index contributed by atoms with van der Waals surface area (Å²) < 4.78 is 3.09. The van der Waals surface area contributed by atoms with Crippen molar-refractivity contribution in [1.29, 1.82) is 0 Å². The summed E-state index contributed by atoms with van der Waals surface area (Å²) in [6.07, 6.45) is 2.14. The third kappa shape index (κ3) is 2.74. The standard InChI is InChI=1S/C19H18N6S/c1-2-6-15(7-3-1)25-19(21-22-23-25)24-12-10-14(11-13-24)18-20-16-8-4-5-9-17(16)26-18/h1-9,14H,10-13H2. The zero-order chi connectivity index (χ0) is 17.3. The van der Waals surface area contributed by atoms with Gasteiger partial charge in [0.2, 0.25) is 5.95 Å². The van der Waals surface area contributed by atoms with Crippen LogP contribution in [0, 0.1) is 0 Å². The molecule has 0 aliphatic carbocycles. The van der Waals surface area contributed by atoms with Crippen LogP contribution in [-0.4, -0.2) is 38.3 Å². The first-order valence-electron chi connectivity index (χ1n) is 8.83. The van der Waals surface area contributed by atoms with Crippen molar-refractivity contribution in [1.82, 2.24) is 25.2 Å². The van der Waals surface area contributed by atoms with Crippen LogP contribution < -0.4 is 4.90 Å². The molecule has 26 heavy (non-hydrogen) atoms. The van der Waals surface area contributed by atoms with Gasteiger partial charge in [0.05, 0.1) is 20.9 Å². The summed E-state index contributed by atoms with van der Waals surface area (Å²) in [5, 5.41) is 13.6. The highest BCUT2D eigenvalue weighted by molar-refractivity contribution is 7.18. The number of anilines is 1. The van der Waals surface area contributed by atoms with E-state index in [1.807, 2.05) is 46.4 Å². The van der Waals surface area contributed by atoms with Crippen molar-refractivity contribution in [3.8, 4) is 5.69 Å². The summed E-state index contributed by atoms with van der Waals surface area (Å²) in [6, 6.07) is 18.4. The predicted molar refractivity (Wildman–Crippen MR) is 103 cm³/mol. The first-order chi connectivity index (χ1) is 12.9. The molecule has 130 valence electrons. The van der Waals surface area contributed by atoms with Crippen LogP contribution >= 0.6 is 11.3 Å². The number of rotatable bonds is 3. The van der Waals surface area contributed by atoms with Crippen molar-refractivity contribution < 1.29 is 0 Å². The second-order valence-corrected chi connectivity index (χ2v) is 7.57. The largest absolute Gasteiger partial charge is 0.339 e. The van der Waals surface area contributed by atoms with Crippen LogP contribution in [-0.2, 0) is 0 Å². The minimum absolute atomic E-state index is 0.518. The molecule has 1 fully saturated rings. The van der Waals surface area contributed by atoms with E-state index in [0.29, 0.717) is 5.92 Å². The Bertz CT molecular complexity index is 984. The van der Waals surface area contributed by atoms with Crippen molar-refractivity contribution in [3.05, 3.63) is 59.6 Å². The maximum absolute atomic E-state index is 4.84. The predicted octanol–water partition coefficient (Wildman–Crippen LogP) is 3.66. The van der Waals surface area contributed by atoms with Crippen molar-refractivity contribution in [2.45, 2.75) is 18.8 Å². The molecule has 0 radical (unpaired) electrons. The summed E-state index contributed by atoms with van der Waals surface area (Å²) >= 11 is 1.83. The van der Waals surface area contributed by atoms with Crippen LogP contribution in [0.15, 0.2) is 54.6 Å². The molecule has 0 amide bonds. The monoisotopic (exact) mass is 362 g/mol. The Labute approximate surface area is 155 Å². The number of tetrazole rings is 1. The van der Waals surface area contributed by atoms with Crippen LogP contribution in [0.2, 0.25) is 0 Å². The number of benzene rings is 2. The molecule has 0 unspecified atom stereocenters. The summed E-state index contributed by atoms with van der Waals surface area (Å²) in [5.41, 5.74) is 2.10. The van der Waals surface area contributed by atoms with Crippen molar-refractivity contribution in [2.75, 3.05) is 18.0 Å². The summed E-state index contributed by atoms with van der Waals surface area (Å²) in [7, 11) is 0. The van der Waals surface area contributed by atoms with Crippen LogP contribution in [0.5, 0.6) is 0 Å². The molecular formula is C19H18N6S. The van der Waals surface area contributed by atoms with Gasteiger partial charge in [-0.2, -0.15) is 4.68 Å². The molecule has 5 rings (SSSR count). The fraction of sp³-hybridized carbons (Fsp3) is 0.263. The summed E-state index contributed by atoms with van der Waals surface area (Å²) in [6.45, 7) is 1.88. The van der Waals surface area contributed by atoms with Gasteiger partial charge in [-0.05, 0) is 47.5 Å². The Hall–Kier alpha value is -2.80. The van der Waals surface area contributed by atoms with E-state index in [4.69, 9.17) is 4.98 Å². The lowest BCUT2D eigenvalue weighted by molar-refractivity contribution is 0.495. The van der Waals surface area contributed by atoms with Crippen molar-refractivity contribution in [2.24, 2.45) is 0 Å². The van der Waals surface area contributed by atoms with E-state index >= 15 is 0 Å². The molecule has 6 nitrogen and oxygen atoms in total. The number of thiazole rings is 1. The van der Waals surface area contributed by atoms with Gasteiger partial charge in [0.25, 0.3) is 0 Å². The smallest absolute Gasteiger partial charge is 0.250 e. The van der Waals surface area contributed by atoms with Gasteiger partial charge >= 0.3 is 0 Å². The van der Waals surface area contributed by atoms with Gasteiger partial charge in [-0.1, -0.05) is 35.4 Å². The first-order valence-corrected chi connectivity index (χ1v) is 9.64. The molecule has 2 aromatic carbocycles. The van der Waals surface area contributed by atoms with Crippen LogP contribution in [0.1, 0.15) is 23.8 Å². The highest BCUT2D eigenvalue weighted by atomic mass is 32.1. The number of hydrogen-bond donors (Lipinski definition) is 0. The van der Waals surface area contributed by atoms with Gasteiger partial charge in [-0.15, -0.1) is 11.3 Å². The maximum atomic E-state index is 4.84. The third-order valence-corrected chi connectivity index (χ3v) is 6.09. The molecule has 4 aromatic rings. The Morgan fingerprint density at radius 2 is 1.69 bits per heavy atom. The minimum Gasteiger partial charge on any atom is -0.339 e. The van der Waals surface area contributed by atoms with E-state index in [2.05, 4.69) is 44.7 Å². The molecule has 7 heteroatoms. The van der Waals surface area contributed by atoms with Gasteiger partial charge in [0.1, 0.15) is 0 Å². The van der Waals surface area contributed by atoms with Gasteiger partial charge in [-0.25, -0.2) is 4.98 Å². The number of piperidine rings is 1. The Balaban J connectivity index is 1.34. The quantitative estimate of drug-likeness (QED) is 0.557. The zero-order valence-electron chi connectivity index (χ0n) is 14.2. The number of aromatic nitrogens is 5. The molecule has 1 aliphatic heterocycles. The highest BCUT2D eigenvalue weighted by Crippen LogP contribution is 2.34. The van der Waals surface area contributed by atoms with E-state index in [0.717, 1.165) is 43.1 Å². The first kappa shape index (κ1) is 15.5. The topological polar surface area (TPSA) is 59.7 Å². The molecule has 1 aliphatic rings. The molecular weight excluding hydrogens is 344 g/mol. The average molecular weight is 362 g/mol. The molecule has 0 atom stereocenters. The second kappa shape index (κ2) is 6.49. The second-order valence-electron chi connectivity index (χ2n) is 6.51. The highest BCUT2D eigenvalue weighted by Gasteiger charge is 2.26. The van der Waals surface area contributed by atoms with Crippen LogP contribution in [0.3, 0.4) is 0 Å². The summed E-state index contributed by atoms with van der Waals surface area (Å²) in [4.78, 5) is 7.12. The number of fused-ring (bicyclic) bond motifs is 1. The van der Waals surface area contributed by atoms with Crippen LogP contribution in [0.25, 0.3) is 15.9 Å². The fourth-order valence-corrected chi connectivity index (χ4v) is 4.64. The maximum Gasteiger partial charge on any atom is 0.250 e. The van der Waals surface area contributed by atoms with E-state index in [1.165, 1.54) is 9.71 Å². The molecule has 0 saturated carbocycles. The fourth-order valence-electron chi connectivity index (χ4n) is 3.51. The lowest BCUT2D eigenvalue weighted by Gasteiger charge is -2.31. The number of para-hydroxylation sites is 2. The van der Waals surface area contributed by atoms with E-state index < -0.39 is 0 Å². The average Bonchev–Trinajstić information content (AvgIpc) is 3.36. The van der Waals surface area contributed by atoms with Gasteiger partial charge in [0, 0.05) is 19.0 Å². The molecule has 1 saturated heterocycles. The van der Waals surface area contributed by atoms with E-state index in [-0.39, 0.29) is 0 Å². The SMILES string of the molecule is c1ccc(-n2nnnc2N2CCC(c3nc4ccccc4s3)CC2)cc1. The molecule has 3 heterocycles. The lowest BCUT2D eigenvalue weighted by Crippen LogP contribution is -2.34. The summed E-state index contributed by atoms with van der Waals surface area (Å²) in [5.74, 6) is 1.34. The normalized spacial score (nSPS) is 15.6. The molecule has 0 bridgehead atoms. The van der Waals surface area contributed by atoms with E-state index in [1.54, 1.807) is 0 Å². The van der Waals surface area contributed by atoms with Gasteiger partial charge < -0.3 is 4.90 Å². The zero-order valence-corrected chi connectivity index (χ0v) is 15.0. The minimum atomic E-state index is 0.518. The van der Waals surface area contributed by atoms with E-state index in [9.17, 15) is 0 Å². The Morgan fingerprint density at radius 3 is 2.50 bits per heavy atom. The Kier molecular flexibility index (Phi) is 3.86. The van der Waals surface area contributed by atoms with Crippen molar-refractivity contribution in [3.63, 3.8) is 0 Å². The molecule has 0 N–H and O–H groups in total. The Morgan fingerprint density at radius 1 is 0.923 bits per heavy atom. The van der Waals surface area contributed by atoms with Crippen LogP contribution in [0.4, 0.5) is 5.95 Å². The number of nitrogens with zero attached hydrogens (tertiary/aromatic N) is 6.